The van der Waals surface area contributed by atoms with E-state index in [4.69, 9.17) is 0 Å². The number of ketones is 1. The highest BCUT2D eigenvalue weighted by molar-refractivity contribution is 5.90. The third kappa shape index (κ3) is 1.03. The summed E-state index contributed by atoms with van der Waals surface area (Å²) in [6, 6.07) is -0.146. The molecule has 10 heavy (non-hydrogen) atoms. The predicted octanol–water partition coefficient (Wildman–Crippen LogP) is 0.196. The van der Waals surface area contributed by atoms with Gasteiger partial charge in [0.05, 0.1) is 6.04 Å². The fourth-order valence-corrected chi connectivity index (χ4v) is 1.28. The summed E-state index contributed by atoms with van der Waals surface area (Å²) in [6.07, 6.45) is 1.23. The zero-order valence-electron chi connectivity index (χ0n) is 6.26. The van der Waals surface area contributed by atoms with Crippen molar-refractivity contribution in [3.8, 4) is 0 Å². The van der Waals surface area contributed by atoms with Crippen LogP contribution < -0.4 is 0 Å². The van der Waals surface area contributed by atoms with Crippen molar-refractivity contribution in [3.05, 3.63) is 0 Å². The molecule has 3 nitrogen and oxygen atoms in total. The van der Waals surface area contributed by atoms with Gasteiger partial charge in [-0.2, -0.15) is 0 Å². The van der Waals surface area contributed by atoms with Crippen LogP contribution in [0.3, 0.4) is 0 Å². The molecule has 0 aromatic carbocycles. The van der Waals surface area contributed by atoms with Gasteiger partial charge < -0.3 is 4.90 Å². The first-order valence-electron chi connectivity index (χ1n) is 3.39. The molecule has 1 amide bonds. The van der Waals surface area contributed by atoms with Crippen LogP contribution in [-0.2, 0) is 9.59 Å². The Balaban J connectivity index is 2.66. The molecule has 0 spiro atoms. The minimum Gasteiger partial charge on any atom is -0.336 e. The highest BCUT2D eigenvalue weighted by Gasteiger charge is 2.30. The first-order valence-corrected chi connectivity index (χ1v) is 3.39. The van der Waals surface area contributed by atoms with Crippen LogP contribution in [-0.4, -0.2) is 29.7 Å². The van der Waals surface area contributed by atoms with Gasteiger partial charge in [-0.05, 0) is 13.3 Å². The number of nitrogens with zero attached hydrogens (tertiary/aromatic N) is 1. The maximum atomic E-state index is 10.9. The Morgan fingerprint density at radius 1 is 1.70 bits per heavy atom. The number of Topliss-reactive ketones (excluding diaryl/α,β-unsaturated/α-hetero) is 1. The Bertz CT molecular complexity index is 176. The summed E-state index contributed by atoms with van der Waals surface area (Å²) < 4.78 is 0. The quantitative estimate of drug-likeness (QED) is 0.523. The van der Waals surface area contributed by atoms with Gasteiger partial charge in [0, 0.05) is 13.5 Å². The average Bonchev–Trinajstić information content (AvgIpc) is 2.14. The molecule has 1 heterocycles. The predicted molar refractivity (Wildman–Crippen MR) is 36.5 cm³/mol. The van der Waals surface area contributed by atoms with Gasteiger partial charge in [-0.15, -0.1) is 0 Å². The monoisotopic (exact) mass is 141 g/mol. The Kier molecular flexibility index (Phi) is 1.74. The van der Waals surface area contributed by atoms with Crippen LogP contribution in [0.2, 0.25) is 0 Å². The molecule has 1 saturated heterocycles. The first kappa shape index (κ1) is 7.25. The van der Waals surface area contributed by atoms with E-state index < -0.39 is 0 Å². The summed E-state index contributed by atoms with van der Waals surface area (Å²) >= 11 is 0. The fraction of sp³-hybridized carbons (Fsp3) is 0.714. The molecule has 0 saturated carbocycles. The summed E-state index contributed by atoms with van der Waals surface area (Å²) in [5.74, 6) is 0.175. The molecule has 0 aromatic heterocycles. The molecule has 0 radical (unpaired) electrons. The van der Waals surface area contributed by atoms with Gasteiger partial charge in [0.2, 0.25) is 5.91 Å². The average molecular weight is 141 g/mol. The smallest absolute Gasteiger partial charge is 0.223 e. The van der Waals surface area contributed by atoms with E-state index in [9.17, 15) is 9.59 Å². The standard InChI is InChI=1S/C7H11NO2/c1-5(9)6-3-4-7(10)8(6)2/h6H,3-4H2,1-2H3. The summed E-state index contributed by atoms with van der Waals surface area (Å²) in [5.41, 5.74) is 0. The van der Waals surface area contributed by atoms with Crippen molar-refractivity contribution in [1.29, 1.82) is 0 Å². The number of carbonyl (C=O) groups is 2. The van der Waals surface area contributed by atoms with Crippen molar-refractivity contribution in [3.63, 3.8) is 0 Å². The Hall–Kier alpha value is -0.860. The SMILES string of the molecule is CC(=O)C1CCC(=O)N1C. The van der Waals surface area contributed by atoms with Crippen molar-refractivity contribution >= 4 is 11.7 Å². The van der Waals surface area contributed by atoms with Crippen molar-refractivity contribution in [2.45, 2.75) is 25.8 Å². The number of likely N-dealkylation sites (N-methyl/N-ethyl adjacent to an activating group) is 1. The van der Waals surface area contributed by atoms with Gasteiger partial charge in [0.25, 0.3) is 0 Å². The van der Waals surface area contributed by atoms with Crippen LogP contribution in [0.15, 0.2) is 0 Å². The summed E-state index contributed by atoms with van der Waals surface area (Å²) in [4.78, 5) is 23.2. The lowest BCUT2D eigenvalue weighted by atomic mass is 10.1. The topological polar surface area (TPSA) is 37.4 Å². The largest absolute Gasteiger partial charge is 0.336 e. The van der Waals surface area contributed by atoms with Gasteiger partial charge in [0.1, 0.15) is 0 Å². The zero-order chi connectivity index (χ0) is 7.72. The molecule has 0 bridgehead atoms. The molecular formula is C7H11NO2. The van der Waals surface area contributed by atoms with E-state index in [1.54, 1.807) is 7.05 Å². The maximum Gasteiger partial charge on any atom is 0.223 e. The van der Waals surface area contributed by atoms with Crippen molar-refractivity contribution in [2.75, 3.05) is 7.05 Å². The summed E-state index contributed by atoms with van der Waals surface area (Å²) in [6.45, 7) is 1.53. The van der Waals surface area contributed by atoms with E-state index in [-0.39, 0.29) is 17.7 Å². The second kappa shape index (κ2) is 2.40. The number of hydrogen-bond acceptors (Lipinski definition) is 2. The minimum atomic E-state index is -0.146. The molecule has 1 aliphatic rings. The van der Waals surface area contributed by atoms with E-state index in [0.29, 0.717) is 12.8 Å². The number of rotatable bonds is 1. The Morgan fingerprint density at radius 2 is 2.30 bits per heavy atom. The summed E-state index contributed by atoms with van der Waals surface area (Å²) in [7, 11) is 1.68. The minimum absolute atomic E-state index is 0.0835. The van der Waals surface area contributed by atoms with Crippen LogP contribution in [0.25, 0.3) is 0 Å². The lowest BCUT2D eigenvalue weighted by Crippen LogP contribution is -2.33. The highest BCUT2D eigenvalue weighted by Crippen LogP contribution is 2.16. The van der Waals surface area contributed by atoms with Gasteiger partial charge in [-0.3, -0.25) is 9.59 Å². The van der Waals surface area contributed by atoms with Gasteiger partial charge in [-0.1, -0.05) is 0 Å². The lowest BCUT2D eigenvalue weighted by molar-refractivity contribution is -0.132. The molecule has 3 heteroatoms. The second-order valence-electron chi connectivity index (χ2n) is 2.67. The third-order valence-electron chi connectivity index (χ3n) is 1.96. The van der Waals surface area contributed by atoms with E-state index in [2.05, 4.69) is 0 Å². The van der Waals surface area contributed by atoms with Crippen molar-refractivity contribution < 1.29 is 9.59 Å². The van der Waals surface area contributed by atoms with Crippen LogP contribution in [0.5, 0.6) is 0 Å². The lowest BCUT2D eigenvalue weighted by Gasteiger charge is -2.15. The number of amides is 1. The molecular weight excluding hydrogens is 130 g/mol. The molecule has 1 unspecified atom stereocenters. The third-order valence-corrected chi connectivity index (χ3v) is 1.96. The van der Waals surface area contributed by atoms with Gasteiger partial charge >= 0.3 is 0 Å². The number of carbonyl (C=O) groups excluding carboxylic acids is 2. The molecule has 1 rings (SSSR count). The Morgan fingerprint density at radius 3 is 2.50 bits per heavy atom. The molecule has 1 fully saturated rings. The van der Waals surface area contributed by atoms with E-state index in [1.165, 1.54) is 11.8 Å². The molecule has 1 atom stereocenters. The fourth-order valence-electron chi connectivity index (χ4n) is 1.28. The van der Waals surface area contributed by atoms with Gasteiger partial charge in [-0.25, -0.2) is 0 Å². The highest BCUT2D eigenvalue weighted by atomic mass is 16.2. The zero-order valence-corrected chi connectivity index (χ0v) is 6.26. The molecule has 0 aromatic rings. The van der Waals surface area contributed by atoms with E-state index >= 15 is 0 Å². The number of likely N-dealkylation sites (tertiary alicyclic amines) is 1. The molecule has 1 aliphatic heterocycles. The Labute approximate surface area is 60.0 Å². The van der Waals surface area contributed by atoms with Crippen LogP contribution in [0.1, 0.15) is 19.8 Å². The van der Waals surface area contributed by atoms with E-state index in [0.717, 1.165) is 0 Å². The van der Waals surface area contributed by atoms with Crippen molar-refractivity contribution in [2.24, 2.45) is 0 Å². The maximum absolute atomic E-state index is 10.9. The van der Waals surface area contributed by atoms with Gasteiger partial charge in [0.15, 0.2) is 5.78 Å². The van der Waals surface area contributed by atoms with Crippen LogP contribution >= 0.6 is 0 Å². The molecule has 56 valence electrons. The van der Waals surface area contributed by atoms with Crippen LogP contribution in [0, 0.1) is 0 Å². The van der Waals surface area contributed by atoms with E-state index in [1.807, 2.05) is 0 Å². The first-order chi connectivity index (χ1) is 4.63. The normalized spacial score (nSPS) is 25.6. The van der Waals surface area contributed by atoms with Crippen molar-refractivity contribution in [1.82, 2.24) is 4.90 Å². The van der Waals surface area contributed by atoms with Crippen LogP contribution in [0.4, 0.5) is 0 Å². The number of hydrogen-bond donors (Lipinski definition) is 0. The molecule has 0 aliphatic carbocycles. The second-order valence-corrected chi connectivity index (χ2v) is 2.67. The summed E-state index contributed by atoms with van der Waals surface area (Å²) in [5, 5.41) is 0. The molecule has 0 N–H and O–H groups in total.